The lowest BCUT2D eigenvalue weighted by Crippen LogP contribution is -2.30. The zero-order valence-electron chi connectivity index (χ0n) is 78.1. The van der Waals surface area contributed by atoms with Gasteiger partial charge in [-0.3, -0.25) is 37.3 Å². The van der Waals surface area contributed by atoms with Crippen LogP contribution in [0.25, 0.3) is 0 Å². The predicted molar refractivity (Wildman–Crippen MR) is 492 cm³/mol. The maximum absolute atomic E-state index is 13.2. The van der Waals surface area contributed by atoms with Crippen LogP contribution in [0.15, 0.2) is 0 Å². The lowest BCUT2D eigenvalue weighted by molar-refractivity contribution is -0.161. The molecule has 0 heterocycles. The van der Waals surface area contributed by atoms with Gasteiger partial charge in [0.15, 0.2) is 12.2 Å². The average Bonchev–Trinajstić information content (AvgIpc) is 0.898. The molecule has 17 nitrogen and oxygen atoms in total. The van der Waals surface area contributed by atoms with Gasteiger partial charge in [-0.15, -0.1) is 0 Å². The van der Waals surface area contributed by atoms with E-state index in [0.29, 0.717) is 25.7 Å². The summed E-state index contributed by atoms with van der Waals surface area (Å²) in [6.45, 7) is 7.48. The summed E-state index contributed by atoms with van der Waals surface area (Å²) < 4.78 is 69.3. The molecule has 0 rings (SSSR count). The van der Waals surface area contributed by atoms with Gasteiger partial charge in [-0.05, 0) is 31.6 Å². The fourth-order valence-electron chi connectivity index (χ4n) is 15.8. The highest BCUT2D eigenvalue weighted by Gasteiger charge is 2.31. The van der Waals surface area contributed by atoms with Gasteiger partial charge in [-0.2, -0.15) is 0 Å². The molecule has 0 aromatic carbocycles. The minimum Gasteiger partial charge on any atom is -0.462 e. The van der Waals surface area contributed by atoms with Crippen LogP contribution < -0.4 is 0 Å². The van der Waals surface area contributed by atoms with Crippen molar-refractivity contribution in [3.63, 3.8) is 0 Å². The van der Waals surface area contributed by atoms with Crippen LogP contribution in [-0.2, 0) is 65.4 Å². The van der Waals surface area contributed by atoms with Gasteiger partial charge >= 0.3 is 39.5 Å². The molecule has 0 spiro atoms. The number of carbonyl (C=O) groups is 4. The SMILES string of the molecule is CCCCCCCCCCCCCCCCCCCCCCCCC(=O)OC[C@H](COP(=O)(O)OC[C@@H](O)COP(=O)(O)OC[C@@H](COC(=O)CCCCCCCCCCCCCCC)OC(=O)CCCCCCCCCCCCCCCCCCCCC(C)C)OC(=O)CCCCCCCCCCCCCCCCCCCCCCCC. The second kappa shape index (κ2) is 91.3. The van der Waals surface area contributed by atoms with Crippen LogP contribution in [0.2, 0.25) is 0 Å². The van der Waals surface area contributed by atoms with E-state index in [1.54, 1.807) is 0 Å². The number of esters is 4. The Morgan fingerprint density at radius 3 is 0.576 bits per heavy atom. The van der Waals surface area contributed by atoms with Crippen molar-refractivity contribution in [2.45, 2.75) is 567 Å². The highest BCUT2D eigenvalue weighted by atomic mass is 31.2. The van der Waals surface area contributed by atoms with Crippen LogP contribution in [0.4, 0.5) is 0 Å². The van der Waals surface area contributed by atoms with Crippen LogP contribution in [0.5, 0.6) is 0 Å². The predicted octanol–water partition coefficient (Wildman–Crippen LogP) is 31.4. The standard InChI is InChI=1S/C99H194O17P2/c1-6-9-12-15-18-21-24-27-29-31-33-35-37-39-44-48-53-58-63-68-73-78-83-97(102)110-89-95(116-99(104)84-79-74-69-64-59-54-49-45-40-38-36-34-32-30-28-25-22-19-16-13-10-7-2)91-114-118(107,108)112-87-93(100)86-111-117(105,106)113-90-94(88-109-96(101)82-77-72-67-62-57-51-26-23-20-17-14-11-8-3)115-98(103)85-80-75-70-65-60-55-50-46-42-41-43-47-52-56-61-66-71-76-81-92(4)5/h92-95,100H,6-91H2,1-5H3,(H,105,106)(H,107,108)/t93-,94+,95+/m0/s1. The Kier molecular flexibility index (Phi) is 89.8. The van der Waals surface area contributed by atoms with E-state index in [0.717, 1.165) is 95.8 Å². The minimum atomic E-state index is -4.97. The van der Waals surface area contributed by atoms with Crippen molar-refractivity contribution in [1.82, 2.24) is 0 Å². The molecular formula is C99H194O17P2. The largest absolute Gasteiger partial charge is 0.472 e. The maximum Gasteiger partial charge on any atom is 0.472 e. The van der Waals surface area contributed by atoms with Gasteiger partial charge in [0.05, 0.1) is 26.4 Å². The third kappa shape index (κ3) is 91.7. The van der Waals surface area contributed by atoms with Crippen LogP contribution in [0, 0.1) is 5.92 Å². The molecule has 118 heavy (non-hydrogen) atoms. The average molecular weight is 1720 g/mol. The molecule has 0 aromatic heterocycles. The van der Waals surface area contributed by atoms with E-state index < -0.39 is 97.5 Å². The Hall–Kier alpha value is -1.94. The fraction of sp³-hybridized carbons (Fsp3) is 0.960. The van der Waals surface area contributed by atoms with Gasteiger partial charge in [0.25, 0.3) is 0 Å². The molecule has 19 heteroatoms. The molecule has 0 radical (unpaired) electrons. The second-order valence-electron chi connectivity index (χ2n) is 36.0. The molecule has 0 saturated heterocycles. The lowest BCUT2D eigenvalue weighted by atomic mass is 10.0. The molecule has 2 unspecified atom stereocenters. The van der Waals surface area contributed by atoms with E-state index in [1.807, 2.05) is 0 Å². The van der Waals surface area contributed by atoms with Crippen LogP contribution in [0.3, 0.4) is 0 Å². The Morgan fingerprint density at radius 2 is 0.390 bits per heavy atom. The lowest BCUT2D eigenvalue weighted by Gasteiger charge is -2.21. The molecule has 3 N–H and O–H groups in total. The minimum absolute atomic E-state index is 0.109. The molecule has 0 aliphatic carbocycles. The van der Waals surface area contributed by atoms with Crippen LogP contribution >= 0.6 is 15.6 Å². The summed E-state index contributed by atoms with van der Waals surface area (Å²) in [6, 6.07) is 0. The number of rotatable bonds is 99. The summed E-state index contributed by atoms with van der Waals surface area (Å²) in [5.74, 6) is -1.26. The van der Waals surface area contributed by atoms with Crippen molar-refractivity contribution in [3.05, 3.63) is 0 Å². The van der Waals surface area contributed by atoms with Gasteiger partial charge < -0.3 is 33.8 Å². The highest BCUT2D eigenvalue weighted by Crippen LogP contribution is 2.45. The summed E-state index contributed by atoms with van der Waals surface area (Å²) in [4.78, 5) is 73.7. The summed E-state index contributed by atoms with van der Waals surface area (Å²) in [6.07, 6.45) is 90.6. The summed E-state index contributed by atoms with van der Waals surface area (Å²) in [5.41, 5.74) is 0. The molecule has 0 aliphatic heterocycles. The Morgan fingerprint density at radius 1 is 0.229 bits per heavy atom. The van der Waals surface area contributed by atoms with Gasteiger partial charge in [0, 0.05) is 25.7 Å². The number of phosphoric acid groups is 2. The van der Waals surface area contributed by atoms with Crippen molar-refractivity contribution in [1.29, 1.82) is 0 Å². The van der Waals surface area contributed by atoms with Gasteiger partial charge in [-0.25, -0.2) is 9.13 Å². The number of carbonyl (C=O) groups excluding carboxylic acids is 4. The molecule has 0 aromatic rings. The zero-order valence-corrected chi connectivity index (χ0v) is 79.9. The fourth-order valence-corrected chi connectivity index (χ4v) is 17.3. The summed E-state index contributed by atoms with van der Waals surface area (Å²) >= 11 is 0. The third-order valence-corrected chi connectivity index (χ3v) is 25.4. The van der Waals surface area contributed by atoms with Gasteiger partial charge in [0.2, 0.25) is 0 Å². The van der Waals surface area contributed by atoms with Crippen LogP contribution in [-0.4, -0.2) is 96.7 Å². The van der Waals surface area contributed by atoms with E-state index in [-0.39, 0.29) is 25.7 Å². The van der Waals surface area contributed by atoms with Crippen LogP contribution in [0.1, 0.15) is 548 Å². The molecule has 0 saturated carbocycles. The molecular weight excluding hydrogens is 1520 g/mol. The van der Waals surface area contributed by atoms with Crippen molar-refractivity contribution in [2.75, 3.05) is 39.6 Å². The summed E-state index contributed by atoms with van der Waals surface area (Å²) in [5, 5.41) is 10.7. The molecule has 0 fully saturated rings. The first-order valence-corrected chi connectivity index (χ1v) is 54.1. The quantitative estimate of drug-likeness (QED) is 0.0222. The second-order valence-corrected chi connectivity index (χ2v) is 38.9. The highest BCUT2D eigenvalue weighted by molar-refractivity contribution is 7.47. The Labute approximate surface area is 728 Å². The normalized spacial score (nSPS) is 13.6. The topological polar surface area (TPSA) is 237 Å². The van der Waals surface area contributed by atoms with E-state index in [1.165, 1.54) is 372 Å². The Bertz CT molecular complexity index is 2220. The van der Waals surface area contributed by atoms with Crippen molar-refractivity contribution in [3.8, 4) is 0 Å². The third-order valence-electron chi connectivity index (χ3n) is 23.5. The van der Waals surface area contributed by atoms with Gasteiger partial charge in [-0.1, -0.05) is 497 Å². The van der Waals surface area contributed by atoms with Crippen molar-refractivity contribution >= 4 is 39.5 Å². The zero-order chi connectivity index (χ0) is 86.1. The van der Waals surface area contributed by atoms with Crippen molar-refractivity contribution < 1.29 is 80.2 Å². The van der Waals surface area contributed by atoms with E-state index in [9.17, 15) is 43.2 Å². The van der Waals surface area contributed by atoms with Crippen molar-refractivity contribution in [2.24, 2.45) is 5.92 Å². The molecule has 0 amide bonds. The van der Waals surface area contributed by atoms with E-state index in [2.05, 4.69) is 34.6 Å². The number of aliphatic hydroxyl groups excluding tert-OH is 1. The molecule has 702 valence electrons. The molecule has 5 atom stereocenters. The first kappa shape index (κ1) is 116. The smallest absolute Gasteiger partial charge is 0.462 e. The first-order valence-electron chi connectivity index (χ1n) is 51.1. The number of hydrogen-bond donors (Lipinski definition) is 3. The van der Waals surface area contributed by atoms with E-state index >= 15 is 0 Å². The van der Waals surface area contributed by atoms with Gasteiger partial charge in [0.1, 0.15) is 19.3 Å². The first-order chi connectivity index (χ1) is 57.5. The number of aliphatic hydroxyl groups is 1. The Balaban J connectivity index is 5.24. The molecule has 0 bridgehead atoms. The number of ether oxygens (including phenoxy) is 4. The molecule has 0 aliphatic rings. The summed E-state index contributed by atoms with van der Waals surface area (Å²) in [7, 11) is -9.95. The number of phosphoric ester groups is 2. The monoisotopic (exact) mass is 1720 g/mol. The number of unbranched alkanes of at least 4 members (excludes halogenated alkanes) is 71. The number of hydrogen-bond acceptors (Lipinski definition) is 15. The van der Waals surface area contributed by atoms with E-state index in [4.69, 9.17) is 37.0 Å². The maximum atomic E-state index is 13.2.